The molecule has 3 aromatic rings. The first-order valence-electron chi connectivity index (χ1n) is 9.03. The van der Waals surface area contributed by atoms with Crippen molar-refractivity contribution < 1.29 is 13.6 Å². The standard InChI is InChI=1S/C21H19ClFN3O2/c1-25-10-11-26(17-7-6-14(23)12-18(17)25)21(27)9-8-20-24-13-19(28-20)15-4-2-3-5-16(15)22/h2-7,12-13H,8-11H2,1H3. The zero-order valence-corrected chi connectivity index (χ0v) is 16.1. The van der Waals surface area contributed by atoms with Crippen molar-refractivity contribution in [3.8, 4) is 11.3 Å². The lowest BCUT2D eigenvalue weighted by Crippen LogP contribution is -2.42. The van der Waals surface area contributed by atoms with Gasteiger partial charge in [0.15, 0.2) is 11.7 Å². The number of anilines is 2. The fourth-order valence-electron chi connectivity index (χ4n) is 3.34. The number of oxazole rings is 1. The van der Waals surface area contributed by atoms with Crippen molar-refractivity contribution >= 4 is 28.9 Å². The van der Waals surface area contributed by atoms with E-state index in [0.29, 0.717) is 36.2 Å². The highest BCUT2D eigenvalue weighted by Gasteiger charge is 2.25. The zero-order chi connectivity index (χ0) is 19.7. The molecule has 0 spiro atoms. The third-order valence-electron chi connectivity index (χ3n) is 4.85. The summed E-state index contributed by atoms with van der Waals surface area (Å²) in [5.41, 5.74) is 2.21. The molecule has 2 heterocycles. The molecule has 7 heteroatoms. The quantitative estimate of drug-likeness (QED) is 0.645. The third kappa shape index (κ3) is 3.60. The molecule has 1 aromatic heterocycles. The van der Waals surface area contributed by atoms with Gasteiger partial charge in [-0.15, -0.1) is 0 Å². The van der Waals surface area contributed by atoms with Crippen LogP contribution < -0.4 is 9.80 Å². The molecule has 0 atom stereocenters. The van der Waals surface area contributed by atoms with Crippen LogP contribution in [-0.2, 0) is 11.2 Å². The lowest BCUT2D eigenvalue weighted by molar-refractivity contribution is -0.118. The molecule has 0 radical (unpaired) electrons. The highest BCUT2D eigenvalue weighted by atomic mass is 35.5. The molecule has 0 fully saturated rings. The number of carbonyl (C=O) groups excluding carboxylic acids is 1. The van der Waals surface area contributed by atoms with E-state index in [9.17, 15) is 9.18 Å². The van der Waals surface area contributed by atoms with Crippen LogP contribution >= 0.6 is 11.6 Å². The normalized spacial score (nSPS) is 13.5. The minimum Gasteiger partial charge on any atom is -0.441 e. The molecule has 144 valence electrons. The summed E-state index contributed by atoms with van der Waals surface area (Å²) in [5.74, 6) is 0.704. The summed E-state index contributed by atoms with van der Waals surface area (Å²) in [4.78, 5) is 20.7. The molecule has 1 amide bonds. The van der Waals surface area contributed by atoms with E-state index >= 15 is 0 Å². The second-order valence-corrected chi connectivity index (χ2v) is 7.11. The Kier molecular flexibility index (Phi) is 5.05. The first kappa shape index (κ1) is 18.5. The van der Waals surface area contributed by atoms with Crippen LogP contribution in [0.2, 0.25) is 5.02 Å². The van der Waals surface area contributed by atoms with E-state index in [2.05, 4.69) is 4.98 Å². The Morgan fingerprint density at radius 1 is 1.21 bits per heavy atom. The summed E-state index contributed by atoms with van der Waals surface area (Å²) in [6, 6.07) is 11.9. The monoisotopic (exact) mass is 399 g/mol. The van der Waals surface area contributed by atoms with Gasteiger partial charge >= 0.3 is 0 Å². The Bertz CT molecular complexity index is 1020. The molecule has 0 aliphatic carbocycles. The number of benzene rings is 2. The van der Waals surface area contributed by atoms with Crippen molar-refractivity contribution in [2.24, 2.45) is 0 Å². The molecular formula is C21H19ClFN3O2. The Labute approximate surface area is 167 Å². The van der Waals surface area contributed by atoms with Crippen LogP contribution in [0.1, 0.15) is 12.3 Å². The second-order valence-electron chi connectivity index (χ2n) is 6.70. The summed E-state index contributed by atoms with van der Waals surface area (Å²) in [6.07, 6.45) is 2.25. The number of carbonyl (C=O) groups is 1. The molecule has 28 heavy (non-hydrogen) atoms. The molecule has 0 bridgehead atoms. The highest BCUT2D eigenvalue weighted by Crippen LogP contribution is 2.33. The van der Waals surface area contributed by atoms with E-state index in [1.165, 1.54) is 12.1 Å². The minimum atomic E-state index is -0.313. The summed E-state index contributed by atoms with van der Waals surface area (Å²) < 4.78 is 19.3. The van der Waals surface area contributed by atoms with E-state index in [-0.39, 0.29) is 18.1 Å². The molecule has 0 unspecified atom stereocenters. The Morgan fingerprint density at radius 3 is 2.86 bits per heavy atom. The van der Waals surface area contributed by atoms with E-state index in [1.54, 1.807) is 23.2 Å². The Morgan fingerprint density at radius 2 is 2.04 bits per heavy atom. The molecule has 0 saturated carbocycles. The van der Waals surface area contributed by atoms with Crippen molar-refractivity contribution in [3.63, 3.8) is 0 Å². The van der Waals surface area contributed by atoms with Crippen molar-refractivity contribution in [2.75, 3.05) is 29.9 Å². The van der Waals surface area contributed by atoms with E-state index < -0.39 is 0 Å². The van der Waals surface area contributed by atoms with Crippen LogP contribution in [-0.4, -0.2) is 31.0 Å². The number of halogens is 2. The van der Waals surface area contributed by atoms with Crippen LogP contribution in [0.25, 0.3) is 11.3 Å². The highest BCUT2D eigenvalue weighted by molar-refractivity contribution is 6.33. The number of fused-ring (bicyclic) bond motifs is 1. The van der Waals surface area contributed by atoms with Gasteiger partial charge in [-0.05, 0) is 30.3 Å². The maximum Gasteiger partial charge on any atom is 0.227 e. The molecule has 0 saturated heterocycles. The Balaban J connectivity index is 1.46. The van der Waals surface area contributed by atoms with Gasteiger partial charge in [-0.2, -0.15) is 0 Å². The number of hydrogen-bond acceptors (Lipinski definition) is 4. The number of rotatable bonds is 4. The fourth-order valence-corrected chi connectivity index (χ4v) is 3.57. The third-order valence-corrected chi connectivity index (χ3v) is 5.17. The van der Waals surface area contributed by atoms with Gasteiger partial charge in [-0.25, -0.2) is 9.37 Å². The lowest BCUT2D eigenvalue weighted by atomic mass is 10.1. The summed E-state index contributed by atoms with van der Waals surface area (Å²) in [6.45, 7) is 1.21. The van der Waals surface area contributed by atoms with E-state index in [0.717, 1.165) is 16.9 Å². The summed E-state index contributed by atoms with van der Waals surface area (Å²) >= 11 is 6.19. The van der Waals surface area contributed by atoms with Crippen LogP contribution in [0.3, 0.4) is 0 Å². The smallest absolute Gasteiger partial charge is 0.227 e. The van der Waals surface area contributed by atoms with E-state index in [4.69, 9.17) is 16.0 Å². The van der Waals surface area contributed by atoms with Crippen LogP contribution in [0, 0.1) is 5.82 Å². The number of nitrogens with zero attached hydrogens (tertiary/aromatic N) is 3. The van der Waals surface area contributed by atoms with E-state index in [1.807, 2.05) is 30.1 Å². The Hall–Kier alpha value is -2.86. The molecule has 2 aromatic carbocycles. The van der Waals surface area contributed by atoms with Crippen LogP contribution in [0.4, 0.5) is 15.8 Å². The summed E-state index contributed by atoms with van der Waals surface area (Å²) in [7, 11) is 1.89. The zero-order valence-electron chi connectivity index (χ0n) is 15.4. The molecule has 0 N–H and O–H groups in total. The van der Waals surface area contributed by atoms with Gasteiger partial charge in [-0.3, -0.25) is 4.79 Å². The number of likely N-dealkylation sites (N-methyl/N-ethyl adjacent to an activating group) is 1. The van der Waals surface area contributed by atoms with Gasteiger partial charge in [0.2, 0.25) is 5.91 Å². The molecular weight excluding hydrogens is 381 g/mol. The largest absolute Gasteiger partial charge is 0.441 e. The molecule has 1 aliphatic heterocycles. The van der Waals surface area contributed by atoms with Gasteiger partial charge in [0, 0.05) is 38.5 Å². The molecule has 5 nitrogen and oxygen atoms in total. The average molecular weight is 400 g/mol. The van der Waals surface area contributed by atoms with Gasteiger partial charge in [0.1, 0.15) is 5.82 Å². The number of aromatic nitrogens is 1. The second kappa shape index (κ2) is 7.64. The van der Waals surface area contributed by atoms with Gasteiger partial charge < -0.3 is 14.2 Å². The maximum atomic E-state index is 13.6. The van der Waals surface area contributed by atoms with Crippen molar-refractivity contribution in [3.05, 3.63) is 65.4 Å². The summed E-state index contributed by atoms with van der Waals surface area (Å²) in [5, 5.41) is 0.586. The van der Waals surface area contributed by atoms with Gasteiger partial charge in [-0.1, -0.05) is 23.7 Å². The van der Waals surface area contributed by atoms with Crippen molar-refractivity contribution in [1.29, 1.82) is 0 Å². The fraction of sp³-hybridized carbons (Fsp3) is 0.238. The number of hydrogen-bond donors (Lipinski definition) is 0. The van der Waals surface area contributed by atoms with Crippen LogP contribution in [0.15, 0.2) is 53.1 Å². The average Bonchev–Trinajstić information content (AvgIpc) is 3.16. The lowest BCUT2D eigenvalue weighted by Gasteiger charge is -2.35. The van der Waals surface area contributed by atoms with Crippen LogP contribution in [0.5, 0.6) is 0 Å². The van der Waals surface area contributed by atoms with Crippen molar-refractivity contribution in [1.82, 2.24) is 4.98 Å². The first-order chi connectivity index (χ1) is 13.5. The maximum absolute atomic E-state index is 13.6. The van der Waals surface area contributed by atoms with Gasteiger partial charge in [0.25, 0.3) is 0 Å². The molecule has 4 rings (SSSR count). The topological polar surface area (TPSA) is 49.6 Å². The van der Waals surface area contributed by atoms with Gasteiger partial charge in [0.05, 0.1) is 22.6 Å². The SMILES string of the molecule is CN1CCN(C(=O)CCc2ncc(-c3ccccc3Cl)o2)c2ccc(F)cc21. The predicted octanol–water partition coefficient (Wildman–Crippen LogP) is 4.55. The number of aryl methyl sites for hydroxylation is 1. The van der Waals surface area contributed by atoms with Crippen molar-refractivity contribution in [2.45, 2.75) is 12.8 Å². The number of amides is 1. The first-order valence-corrected chi connectivity index (χ1v) is 9.41. The predicted molar refractivity (Wildman–Crippen MR) is 107 cm³/mol. The minimum absolute atomic E-state index is 0.0431. The molecule has 1 aliphatic rings.